The number of aliphatic hydroxyl groups is 1. The van der Waals surface area contributed by atoms with Gasteiger partial charge in [-0.05, 0) is 45.4 Å². The summed E-state index contributed by atoms with van der Waals surface area (Å²) in [6, 6.07) is 0. The first-order valence-electron chi connectivity index (χ1n) is 8.62. The smallest absolute Gasteiger partial charge is 0.146 e. The van der Waals surface area contributed by atoms with E-state index in [1.54, 1.807) is 0 Å². The maximum Gasteiger partial charge on any atom is 0.146 e. The number of hydrogen-bond acceptors (Lipinski definition) is 5. The van der Waals surface area contributed by atoms with Crippen LogP contribution >= 0.6 is 11.6 Å². The Labute approximate surface area is 140 Å². The van der Waals surface area contributed by atoms with Crippen LogP contribution in [-0.2, 0) is 4.84 Å². The molecule has 5 nitrogen and oxygen atoms in total. The fraction of sp³-hybridized carbons (Fsp3) is 0.938. The van der Waals surface area contributed by atoms with Gasteiger partial charge in [-0.2, -0.15) is 0 Å². The molecule has 0 radical (unpaired) electrons. The molecule has 0 bridgehead atoms. The predicted octanol–water partition coefficient (Wildman–Crippen LogP) is 2.52. The van der Waals surface area contributed by atoms with Gasteiger partial charge in [-0.3, -0.25) is 0 Å². The van der Waals surface area contributed by atoms with Crippen LogP contribution in [0, 0.1) is 0 Å². The van der Waals surface area contributed by atoms with Gasteiger partial charge in [0.15, 0.2) is 0 Å². The van der Waals surface area contributed by atoms with Crippen LogP contribution < -0.4 is 0 Å². The molecular weight excluding hydrogens is 302 g/mol. The maximum atomic E-state index is 9.95. The van der Waals surface area contributed by atoms with E-state index in [4.69, 9.17) is 16.4 Å². The van der Waals surface area contributed by atoms with Crippen molar-refractivity contribution in [2.24, 2.45) is 5.16 Å². The van der Waals surface area contributed by atoms with Gasteiger partial charge in [0.2, 0.25) is 0 Å². The van der Waals surface area contributed by atoms with Crippen molar-refractivity contribution in [1.29, 1.82) is 0 Å². The second kappa shape index (κ2) is 12.1. The Morgan fingerprint density at radius 2 is 2.00 bits per heavy atom. The average Bonchev–Trinajstić information content (AvgIpc) is 2.52. The van der Waals surface area contributed by atoms with Crippen LogP contribution in [0.25, 0.3) is 0 Å². The summed E-state index contributed by atoms with van der Waals surface area (Å²) in [5, 5.41) is 14.3. The Bertz CT molecular complexity index is 310. The Balaban J connectivity index is 2.14. The van der Waals surface area contributed by atoms with Gasteiger partial charge in [-0.15, -0.1) is 0 Å². The lowest BCUT2D eigenvalue weighted by atomic mass is 10.1. The van der Waals surface area contributed by atoms with E-state index in [0.717, 1.165) is 39.1 Å². The van der Waals surface area contributed by atoms with Crippen LogP contribution in [0.3, 0.4) is 0 Å². The Kier molecular flexibility index (Phi) is 10.8. The molecule has 130 valence electrons. The second-order valence-electron chi connectivity index (χ2n) is 5.96. The average molecular weight is 334 g/mol. The minimum Gasteiger partial charge on any atom is -0.392 e. The molecule has 0 aliphatic carbocycles. The molecular formula is C16H32ClN3O2. The number of oxime groups is 1. The van der Waals surface area contributed by atoms with Crippen molar-refractivity contribution < 1.29 is 9.94 Å². The first-order valence-corrected chi connectivity index (χ1v) is 9.00. The van der Waals surface area contributed by atoms with Crippen molar-refractivity contribution in [3.8, 4) is 0 Å². The molecule has 1 heterocycles. The van der Waals surface area contributed by atoms with Crippen molar-refractivity contribution >= 4 is 16.8 Å². The van der Waals surface area contributed by atoms with Crippen LogP contribution in [0.15, 0.2) is 5.16 Å². The van der Waals surface area contributed by atoms with Crippen LogP contribution in [0.5, 0.6) is 0 Å². The third kappa shape index (κ3) is 8.93. The molecule has 1 rings (SSSR count). The summed E-state index contributed by atoms with van der Waals surface area (Å²) >= 11 is 6.06. The lowest BCUT2D eigenvalue weighted by Crippen LogP contribution is -2.38. The number of nitrogens with zero attached hydrogens (tertiary/aromatic N) is 3. The fourth-order valence-electron chi connectivity index (χ4n) is 2.73. The molecule has 0 spiro atoms. The zero-order chi connectivity index (χ0) is 16.2. The zero-order valence-corrected chi connectivity index (χ0v) is 14.9. The quantitative estimate of drug-likeness (QED) is 0.466. The van der Waals surface area contributed by atoms with E-state index in [9.17, 15) is 5.11 Å². The minimum atomic E-state index is -0.501. The van der Waals surface area contributed by atoms with Crippen LogP contribution in [0.2, 0.25) is 0 Å². The highest BCUT2D eigenvalue weighted by molar-refractivity contribution is 6.65. The van der Waals surface area contributed by atoms with Gasteiger partial charge in [0.1, 0.15) is 17.9 Å². The summed E-state index contributed by atoms with van der Waals surface area (Å²) in [6.07, 6.45) is 5.08. The third-order valence-electron chi connectivity index (χ3n) is 3.97. The molecule has 0 amide bonds. The van der Waals surface area contributed by atoms with E-state index in [-0.39, 0.29) is 6.61 Å². The summed E-state index contributed by atoms with van der Waals surface area (Å²) in [5.74, 6) is 0. The highest BCUT2D eigenvalue weighted by atomic mass is 35.5. The Hall–Kier alpha value is -0.360. The van der Waals surface area contributed by atoms with Crippen molar-refractivity contribution in [3.63, 3.8) is 0 Å². The fourth-order valence-corrected chi connectivity index (χ4v) is 2.86. The molecule has 6 heteroatoms. The number of rotatable bonds is 11. The number of aliphatic hydroxyl groups excluding tert-OH is 1. The first-order chi connectivity index (χ1) is 10.7. The van der Waals surface area contributed by atoms with Crippen molar-refractivity contribution in [2.45, 2.75) is 52.1 Å². The Morgan fingerprint density at radius 1 is 1.27 bits per heavy atom. The molecule has 1 aliphatic rings. The van der Waals surface area contributed by atoms with E-state index in [1.807, 2.05) is 0 Å². The van der Waals surface area contributed by atoms with Crippen LogP contribution in [-0.4, -0.2) is 72.1 Å². The molecule has 0 aromatic carbocycles. The van der Waals surface area contributed by atoms with Gasteiger partial charge in [0.05, 0.1) is 0 Å². The van der Waals surface area contributed by atoms with Gasteiger partial charge in [-0.25, -0.2) is 0 Å². The highest BCUT2D eigenvalue weighted by Crippen LogP contribution is 2.09. The number of likely N-dealkylation sites (tertiary alicyclic amines) is 1. The lowest BCUT2D eigenvalue weighted by Gasteiger charge is -2.27. The van der Waals surface area contributed by atoms with E-state index < -0.39 is 6.10 Å². The molecule has 1 saturated heterocycles. The second-order valence-corrected chi connectivity index (χ2v) is 6.40. The number of β-amino-alcohol motifs (C(OH)–C–C–N with tert-alkyl or cyclic N) is 1. The molecule has 22 heavy (non-hydrogen) atoms. The predicted molar refractivity (Wildman–Crippen MR) is 92.6 cm³/mol. The van der Waals surface area contributed by atoms with Gasteiger partial charge >= 0.3 is 0 Å². The molecule has 1 fully saturated rings. The SMILES string of the molecule is CCCN(CC)CC/C(Cl)=N/OCC(O)CN1CCCCC1. The van der Waals surface area contributed by atoms with Crippen molar-refractivity contribution in [3.05, 3.63) is 0 Å². The van der Waals surface area contributed by atoms with Gasteiger partial charge in [0, 0.05) is 19.5 Å². The first kappa shape index (κ1) is 19.7. The summed E-state index contributed by atoms with van der Waals surface area (Å²) < 4.78 is 0. The van der Waals surface area contributed by atoms with Gasteiger partial charge in [0.25, 0.3) is 0 Å². The van der Waals surface area contributed by atoms with Crippen LogP contribution in [0.1, 0.15) is 46.0 Å². The largest absolute Gasteiger partial charge is 0.392 e. The molecule has 0 aromatic heterocycles. The minimum absolute atomic E-state index is 0.208. The molecule has 1 N–H and O–H groups in total. The topological polar surface area (TPSA) is 48.3 Å². The van der Waals surface area contributed by atoms with Gasteiger partial charge < -0.3 is 19.7 Å². The van der Waals surface area contributed by atoms with E-state index in [1.165, 1.54) is 19.3 Å². The van der Waals surface area contributed by atoms with Crippen molar-refractivity contribution in [1.82, 2.24) is 9.80 Å². The summed E-state index contributed by atoms with van der Waals surface area (Å²) in [4.78, 5) is 9.81. The summed E-state index contributed by atoms with van der Waals surface area (Å²) in [7, 11) is 0. The molecule has 0 aromatic rings. The van der Waals surface area contributed by atoms with Crippen molar-refractivity contribution in [2.75, 3.05) is 45.9 Å². The number of hydrogen-bond donors (Lipinski definition) is 1. The van der Waals surface area contributed by atoms with E-state index in [0.29, 0.717) is 18.1 Å². The van der Waals surface area contributed by atoms with Crippen LogP contribution in [0.4, 0.5) is 0 Å². The summed E-state index contributed by atoms with van der Waals surface area (Å²) in [6.45, 7) is 10.3. The molecule has 1 aliphatic heterocycles. The highest BCUT2D eigenvalue weighted by Gasteiger charge is 2.15. The normalized spacial score (nSPS) is 18.7. The Morgan fingerprint density at radius 3 is 2.64 bits per heavy atom. The number of halogens is 1. The molecule has 1 atom stereocenters. The third-order valence-corrected chi connectivity index (χ3v) is 4.23. The molecule has 1 unspecified atom stereocenters. The number of piperidine rings is 1. The molecule has 0 saturated carbocycles. The van der Waals surface area contributed by atoms with Gasteiger partial charge in [-0.1, -0.05) is 37.0 Å². The van der Waals surface area contributed by atoms with E-state index >= 15 is 0 Å². The monoisotopic (exact) mass is 333 g/mol. The van der Waals surface area contributed by atoms with E-state index in [2.05, 4.69) is 28.8 Å². The standard InChI is InChI=1S/C16H32ClN3O2/c1-3-9-19(4-2)12-8-16(17)18-22-14-15(21)13-20-10-6-5-7-11-20/h15,21H,3-14H2,1-2H3/b18-16-. The lowest BCUT2D eigenvalue weighted by molar-refractivity contribution is 0.0159. The zero-order valence-electron chi connectivity index (χ0n) is 14.1. The summed E-state index contributed by atoms with van der Waals surface area (Å²) in [5.41, 5.74) is 0. The maximum absolute atomic E-state index is 9.95.